The first-order valence-electron chi connectivity index (χ1n) is 7.19. The van der Waals surface area contributed by atoms with E-state index in [0.717, 1.165) is 24.9 Å². The minimum absolute atomic E-state index is 0.346. The molecule has 3 nitrogen and oxygen atoms in total. The predicted octanol–water partition coefficient (Wildman–Crippen LogP) is 2.91. The molecule has 2 fully saturated rings. The van der Waals surface area contributed by atoms with E-state index in [1.165, 1.54) is 37.8 Å². The highest BCUT2D eigenvalue weighted by atomic mass is 16.3. The summed E-state index contributed by atoms with van der Waals surface area (Å²) in [5.41, 5.74) is 1.71. The van der Waals surface area contributed by atoms with Crippen molar-refractivity contribution in [3.05, 3.63) is 23.7 Å². The molecule has 2 aliphatic rings. The molecule has 3 rings (SSSR count). The third-order valence-electron chi connectivity index (χ3n) is 4.40. The molecule has 18 heavy (non-hydrogen) atoms. The van der Waals surface area contributed by atoms with Gasteiger partial charge in [-0.1, -0.05) is 0 Å². The second-order valence-corrected chi connectivity index (χ2v) is 6.36. The van der Waals surface area contributed by atoms with Crippen LogP contribution in [0.1, 0.15) is 50.9 Å². The summed E-state index contributed by atoms with van der Waals surface area (Å²) < 4.78 is 5.63. The molecule has 1 saturated heterocycles. The van der Waals surface area contributed by atoms with Gasteiger partial charge in [0.05, 0.1) is 12.8 Å². The molecule has 0 unspecified atom stereocenters. The van der Waals surface area contributed by atoms with Crippen molar-refractivity contribution in [2.24, 2.45) is 0 Å². The van der Waals surface area contributed by atoms with Crippen molar-refractivity contribution in [3.63, 3.8) is 0 Å². The molecule has 0 atom stereocenters. The number of furan rings is 1. The Bertz CT molecular complexity index is 406. The van der Waals surface area contributed by atoms with Crippen molar-refractivity contribution in [1.29, 1.82) is 0 Å². The largest absolute Gasteiger partial charge is 0.468 e. The Labute approximate surface area is 110 Å². The molecule has 1 aliphatic carbocycles. The molecule has 0 bridgehead atoms. The molecule has 3 heteroatoms. The topological polar surface area (TPSA) is 28.4 Å². The van der Waals surface area contributed by atoms with Gasteiger partial charge in [-0.05, 0) is 52.1 Å². The lowest BCUT2D eigenvalue weighted by Crippen LogP contribution is -2.37. The monoisotopic (exact) mass is 248 g/mol. The van der Waals surface area contributed by atoms with E-state index in [2.05, 4.69) is 30.1 Å². The van der Waals surface area contributed by atoms with Gasteiger partial charge in [0, 0.05) is 23.7 Å². The minimum atomic E-state index is 0.346. The molecule has 100 valence electrons. The standard InChI is InChI=1S/C15H24N2O/c1-15(2)7-3-8-17(15)11-12-6-9-18-14(12)10-16-13-4-5-13/h6,9,13,16H,3-5,7-8,10-11H2,1-2H3. The summed E-state index contributed by atoms with van der Waals surface area (Å²) in [6.07, 6.45) is 7.12. The fourth-order valence-corrected chi connectivity index (χ4v) is 2.85. The quantitative estimate of drug-likeness (QED) is 0.868. The molecule has 2 heterocycles. The Hall–Kier alpha value is -0.800. The highest BCUT2D eigenvalue weighted by Crippen LogP contribution is 2.30. The van der Waals surface area contributed by atoms with E-state index in [9.17, 15) is 0 Å². The molecule has 1 aromatic heterocycles. The van der Waals surface area contributed by atoms with Crippen LogP contribution in [0, 0.1) is 0 Å². The normalized spacial score (nSPS) is 23.7. The highest BCUT2D eigenvalue weighted by Gasteiger charge is 2.32. The van der Waals surface area contributed by atoms with Crippen molar-refractivity contribution in [3.8, 4) is 0 Å². The van der Waals surface area contributed by atoms with Crippen LogP contribution in [-0.4, -0.2) is 23.0 Å². The highest BCUT2D eigenvalue weighted by molar-refractivity contribution is 5.18. The second kappa shape index (κ2) is 4.71. The lowest BCUT2D eigenvalue weighted by molar-refractivity contribution is 0.165. The number of rotatable bonds is 5. The zero-order chi connectivity index (χ0) is 12.6. The number of hydrogen-bond acceptors (Lipinski definition) is 3. The molecule has 1 aromatic rings. The summed E-state index contributed by atoms with van der Waals surface area (Å²) >= 11 is 0. The van der Waals surface area contributed by atoms with Crippen LogP contribution in [0.5, 0.6) is 0 Å². The Morgan fingerprint density at radius 3 is 2.94 bits per heavy atom. The van der Waals surface area contributed by atoms with E-state index in [-0.39, 0.29) is 0 Å². The molecular weight excluding hydrogens is 224 g/mol. The average molecular weight is 248 g/mol. The van der Waals surface area contributed by atoms with Crippen LogP contribution in [-0.2, 0) is 13.1 Å². The molecule has 1 N–H and O–H groups in total. The average Bonchev–Trinajstić information content (AvgIpc) is 2.96. The van der Waals surface area contributed by atoms with Crippen LogP contribution in [0.2, 0.25) is 0 Å². The third-order valence-corrected chi connectivity index (χ3v) is 4.40. The number of nitrogens with zero attached hydrogens (tertiary/aromatic N) is 1. The van der Waals surface area contributed by atoms with Gasteiger partial charge in [-0.15, -0.1) is 0 Å². The first-order valence-corrected chi connectivity index (χ1v) is 7.19. The first kappa shape index (κ1) is 12.2. The molecule has 1 aliphatic heterocycles. The van der Waals surface area contributed by atoms with Crippen LogP contribution >= 0.6 is 0 Å². The molecule has 1 saturated carbocycles. The van der Waals surface area contributed by atoms with E-state index < -0.39 is 0 Å². The van der Waals surface area contributed by atoms with Crippen molar-refractivity contribution in [2.45, 2.75) is 64.2 Å². The number of likely N-dealkylation sites (tertiary alicyclic amines) is 1. The van der Waals surface area contributed by atoms with Gasteiger partial charge in [0.15, 0.2) is 0 Å². The van der Waals surface area contributed by atoms with Crippen LogP contribution in [0.25, 0.3) is 0 Å². The van der Waals surface area contributed by atoms with Crippen molar-refractivity contribution in [2.75, 3.05) is 6.54 Å². The maximum absolute atomic E-state index is 5.63. The summed E-state index contributed by atoms with van der Waals surface area (Å²) in [5, 5.41) is 3.53. The van der Waals surface area contributed by atoms with Gasteiger partial charge in [-0.25, -0.2) is 0 Å². The van der Waals surface area contributed by atoms with E-state index in [4.69, 9.17) is 4.42 Å². The molecule has 0 spiro atoms. The van der Waals surface area contributed by atoms with E-state index >= 15 is 0 Å². The van der Waals surface area contributed by atoms with Crippen LogP contribution in [0.15, 0.2) is 16.7 Å². The zero-order valence-corrected chi connectivity index (χ0v) is 11.5. The second-order valence-electron chi connectivity index (χ2n) is 6.36. The van der Waals surface area contributed by atoms with Crippen LogP contribution in [0.4, 0.5) is 0 Å². The summed E-state index contributed by atoms with van der Waals surface area (Å²) in [6, 6.07) is 2.88. The first-order chi connectivity index (χ1) is 8.65. The minimum Gasteiger partial charge on any atom is -0.468 e. The zero-order valence-electron chi connectivity index (χ0n) is 11.5. The molecule has 0 amide bonds. The van der Waals surface area contributed by atoms with Crippen LogP contribution in [0.3, 0.4) is 0 Å². The lowest BCUT2D eigenvalue weighted by Gasteiger charge is -2.31. The van der Waals surface area contributed by atoms with Gasteiger partial charge in [0.25, 0.3) is 0 Å². The van der Waals surface area contributed by atoms with Gasteiger partial charge in [0.2, 0.25) is 0 Å². The Balaban J connectivity index is 1.62. The number of hydrogen-bond donors (Lipinski definition) is 1. The number of nitrogens with one attached hydrogen (secondary N) is 1. The lowest BCUT2D eigenvalue weighted by atomic mass is 10.0. The summed E-state index contributed by atoms with van der Waals surface area (Å²) in [5.74, 6) is 1.13. The molecule has 0 radical (unpaired) electrons. The Morgan fingerprint density at radius 1 is 1.44 bits per heavy atom. The third kappa shape index (κ3) is 2.62. The molecule has 0 aromatic carbocycles. The van der Waals surface area contributed by atoms with E-state index in [0.29, 0.717) is 5.54 Å². The predicted molar refractivity (Wildman–Crippen MR) is 72.3 cm³/mol. The summed E-state index contributed by atoms with van der Waals surface area (Å²) in [4.78, 5) is 2.58. The van der Waals surface area contributed by atoms with E-state index in [1.54, 1.807) is 0 Å². The van der Waals surface area contributed by atoms with Crippen molar-refractivity contribution < 1.29 is 4.42 Å². The van der Waals surface area contributed by atoms with Gasteiger partial charge >= 0.3 is 0 Å². The van der Waals surface area contributed by atoms with Gasteiger partial charge in [-0.3, -0.25) is 4.90 Å². The Morgan fingerprint density at radius 2 is 2.28 bits per heavy atom. The van der Waals surface area contributed by atoms with Crippen LogP contribution < -0.4 is 5.32 Å². The smallest absolute Gasteiger partial charge is 0.122 e. The maximum Gasteiger partial charge on any atom is 0.122 e. The SMILES string of the molecule is CC1(C)CCCN1Cc1ccoc1CNC1CC1. The molecular formula is C15H24N2O. The summed E-state index contributed by atoms with van der Waals surface area (Å²) in [7, 11) is 0. The fraction of sp³-hybridized carbons (Fsp3) is 0.733. The van der Waals surface area contributed by atoms with Gasteiger partial charge < -0.3 is 9.73 Å². The van der Waals surface area contributed by atoms with Gasteiger partial charge in [-0.2, -0.15) is 0 Å². The van der Waals surface area contributed by atoms with E-state index in [1.807, 2.05) is 6.26 Å². The fourth-order valence-electron chi connectivity index (χ4n) is 2.85. The maximum atomic E-state index is 5.63. The van der Waals surface area contributed by atoms with Crippen molar-refractivity contribution in [1.82, 2.24) is 10.2 Å². The summed E-state index contributed by atoms with van der Waals surface area (Å²) in [6.45, 7) is 7.84. The van der Waals surface area contributed by atoms with Gasteiger partial charge in [0.1, 0.15) is 5.76 Å². The Kier molecular flexibility index (Phi) is 3.20. The van der Waals surface area contributed by atoms with Crippen molar-refractivity contribution >= 4 is 0 Å².